The predicted octanol–water partition coefficient (Wildman–Crippen LogP) is 1.61. The van der Waals surface area contributed by atoms with E-state index in [9.17, 15) is 0 Å². The van der Waals surface area contributed by atoms with Crippen LogP contribution in [-0.4, -0.2) is 21.8 Å². The van der Waals surface area contributed by atoms with Gasteiger partial charge in [-0.2, -0.15) is 0 Å². The van der Waals surface area contributed by atoms with Crippen LogP contribution in [0.2, 0.25) is 0 Å². The van der Waals surface area contributed by atoms with Crippen LogP contribution in [0.3, 0.4) is 0 Å². The molecule has 4 nitrogen and oxygen atoms in total. The minimum atomic E-state index is 0.217. The first-order valence-electron chi connectivity index (χ1n) is 4.04. The van der Waals surface area contributed by atoms with Gasteiger partial charge in [-0.3, -0.25) is 0 Å². The molecule has 0 aliphatic rings. The normalized spacial score (nSPS) is 10.4. The fourth-order valence-corrected chi connectivity index (χ4v) is 1.12. The summed E-state index contributed by atoms with van der Waals surface area (Å²) in [5.41, 5.74) is 1.60. The Morgan fingerprint density at radius 3 is 3.07 bits per heavy atom. The maximum absolute atomic E-state index is 5.56. The van der Waals surface area contributed by atoms with Crippen molar-refractivity contribution in [1.29, 1.82) is 0 Å². The fraction of sp³-hybridized carbons (Fsp3) is 0.111. The minimum absolute atomic E-state index is 0.217. The summed E-state index contributed by atoms with van der Waals surface area (Å²) in [7, 11) is 0. The van der Waals surface area contributed by atoms with Gasteiger partial charge >= 0.3 is 0 Å². The lowest BCUT2D eigenvalue weighted by Crippen LogP contribution is -2.14. The fourth-order valence-electron chi connectivity index (χ4n) is 1.07. The average molecular weight is 210 g/mol. The summed E-state index contributed by atoms with van der Waals surface area (Å²) >= 11 is 5.56. The zero-order valence-electron chi connectivity index (χ0n) is 7.35. The molecule has 2 rings (SSSR count). The number of nitrogens with zero attached hydrogens (tertiary/aromatic N) is 3. The van der Waals surface area contributed by atoms with Crippen molar-refractivity contribution in [3.05, 3.63) is 35.9 Å². The number of rotatable bonds is 3. The molecule has 2 aromatic rings. The Morgan fingerprint density at radius 1 is 1.50 bits per heavy atom. The van der Waals surface area contributed by atoms with E-state index in [1.54, 1.807) is 0 Å². The van der Waals surface area contributed by atoms with Crippen LogP contribution in [0.15, 0.2) is 35.9 Å². The molecule has 0 spiro atoms. The quantitative estimate of drug-likeness (QED) is 0.771. The van der Waals surface area contributed by atoms with E-state index in [0.29, 0.717) is 5.03 Å². The Bertz CT molecular complexity index is 466. The monoisotopic (exact) mass is 209 g/mol. The van der Waals surface area contributed by atoms with Crippen LogP contribution in [0.4, 0.5) is 0 Å². The number of aromatic nitrogens is 3. The molecule has 0 radical (unpaired) electrons. The van der Waals surface area contributed by atoms with Crippen molar-refractivity contribution >= 4 is 22.6 Å². The molecule has 0 amide bonds. The Kier molecular flexibility index (Phi) is 2.37. The summed E-state index contributed by atoms with van der Waals surface area (Å²) in [5, 5.41) is 8.14. The van der Waals surface area contributed by atoms with E-state index in [0.717, 1.165) is 11.0 Å². The smallest absolute Gasteiger partial charge is 0.152 e. The molecule has 0 fully saturated rings. The van der Waals surface area contributed by atoms with Crippen molar-refractivity contribution in [3.8, 4) is 0 Å². The summed E-state index contributed by atoms with van der Waals surface area (Å²) in [6.07, 6.45) is 0. The molecular formula is C9H8ClN3O. The third-order valence-corrected chi connectivity index (χ3v) is 1.77. The molecule has 0 bridgehead atoms. The van der Waals surface area contributed by atoms with Gasteiger partial charge in [-0.15, -0.1) is 5.10 Å². The van der Waals surface area contributed by atoms with Crippen LogP contribution in [0.5, 0.6) is 0 Å². The van der Waals surface area contributed by atoms with Gasteiger partial charge in [0.2, 0.25) is 0 Å². The number of fused-ring (bicyclic) bond motifs is 1. The summed E-state index contributed by atoms with van der Waals surface area (Å²) in [4.78, 5) is 6.57. The average Bonchev–Trinajstić information content (AvgIpc) is 2.58. The maximum Gasteiger partial charge on any atom is 0.152 e. The highest BCUT2D eigenvalue weighted by Gasteiger charge is 2.03. The van der Waals surface area contributed by atoms with E-state index in [2.05, 4.69) is 16.9 Å². The van der Waals surface area contributed by atoms with Gasteiger partial charge in [0, 0.05) is 0 Å². The largest absolute Gasteiger partial charge is 0.389 e. The summed E-state index contributed by atoms with van der Waals surface area (Å²) in [6, 6.07) is 7.51. The van der Waals surface area contributed by atoms with Crippen molar-refractivity contribution in [2.75, 3.05) is 6.61 Å². The van der Waals surface area contributed by atoms with Crippen LogP contribution in [0.25, 0.3) is 11.0 Å². The molecular weight excluding hydrogens is 202 g/mol. The van der Waals surface area contributed by atoms with Gasteiger partial charge in [0.1, 0.15) is 11.0 Å². The lowest BCUT2D eigenvalue weighted by molar-refractivity contribution is 0.108. The standard InChI is InChI=1S/C9H8ClN3O/c1-7(10)6-14-13-9-5-3-2-4-8(9)11-12-13/h2-5H,1,6H2. The molecule has 0 aliphatic heterocycles. The second-order valence-corrected chi connectivity index (χ2v) is 3.28. The third kappa shape index (κ3) is 1.70. The number of halogens is 1. The topological polar surface area (TPSA) is 39.9 Å². The van der Waals surface area contributed by atoms with Gasteiger partial charge in [0.15, 0.2) is 6.61 Å². The lowest BCUT2D eigenvalue weighted by atomic mass is 10.3. The van der Waals surface area contributed by atoms with Crippen LogP contribution in [0.1, 0.15) is 0 Å². The molecule has 1 aromatic carbocycles. The number of hydrogen-bond donors (Lipinski definition) is 0. The minimum Gasteiger partial charge on any atom is -0.389 e. The summed E-state index contributed by atoms with van der Waals surface area (Å²) in [6.45, 7) is 3.73. The maximum atomic E-state index is 5.56. The Balaban J connectivity index is 2.29. The first kappa shape index (κ1) is 9.02. The highest BCUT2D eigenvalue weighted by molar-refractivity contribution is 6.29. The molecule has 1 heterocycles. The summed E-state index contributed by atoms with van der Waals surface area (Å²) in [5.74, 6) is 0. The molecule has 0 unspecified atom stereocenters. The van der Waals surface area contributed by atoms with E-state index in [-0.39, 0.29) is 6.61 Å². The van der Waals surface area contributed by atoms with Crippen molar-refractivity contribution in [1.82, 2.24) is 15.2 Å². The second kappa shape index (κ2) is 3.67. The van der Waals surface area contributed by atoms with Gasteiger partial charge in [0.05, 0.1) is 5.03 Å². The SMILES string of the molecule is C=C(Cl)COn1nnc2ccccc21. The van der Waals surface area contributed by atoms with Crippen LogP contribution < -0.4 is 4.84 Å². The van der Waals surface area contributed by atoms with Crippen LogP contribution in [-0.2, 0) is 0 Å². The lowest BCUT2D eigenvalue weighted by Gasteiger charge is -2.02. The van der Waals surface area contributed by atoms with Gasteiger partial charge in [-0.05, 0) is 17.3 Å². The number of benzene rings is 1. The van der Waals surface area contributed by atoms with Gasteiger partial charge in [0.25, 0.3) is 0 Å². The highest BCUT2D eigenvalue weighted by atomic mass is 35.5. The molecule has 1 aromatic heterocycles. The third-order valence-electron chi connectivity index (χ3n) is 1.66. The van der Waals surface area contributed by atoms with Gasteiger partial charge in [-0.25, -0.2) is 0 Å². The molecule has 0 N–H and O–H groups in total. The van der Waals surface area contributed by atoms with E-state index in [4.69, 9.17) is 16.4 Å². The molecule has 0 atom stereocenters. The van der Waals surface area contributed by atoms with E-state index < -0.39 is 0 Å². The first-order chi connectivity index (χ1) is 6.77. The molecule has 14 heavy (non-hydrogen) atoms. The molecule has 72 valence electrons. The van der Waals surface area contributed by atoms with Crippen molar-refractivity contribution in [2.45, 2.75) is 0 Å². The molecule has 0 aliphatic carbocycles. The van der Waals surface area contributed by atoms with E-state index in [1.807, 2.05) is 24.3 Å². The number of hydrogen-bond acceptors (Lipinski definition) is 3. The van der Waals surface area contributed by atoms with Crippen molar-refractivity contribution in [3.63, 3.8) is 0 Å². The zero-order valence-corrected chi connectivity index (χ0v) is 8.11. The van der Waals surface area contributed by atoms with Gasteiger partial charge < -0.3 is 4.84 Å². The number of para-hydroxylation sites is 1. The molecule has 5 heteroatoms. The highest BCUT2D eigenvalue weighted by Crippen LogP contribution is 2.08. The van der Waals surface area contributed by atoms with E-state index in [1.165, 1.54) is 4.85 Å². The Labute approximate surface area is 85.7 Å². The second-order valence-electron chi connectivity index (χ2n) is 2.74. The molecule has 0 saturated carbocycles. The predicted molar refractivity (Wildman–Crippen MR) is 54.0 cm³/mol. The van der Waals surface area contributed by atoms with E-state index >= 15 is 0 Å². The van der Waals surface area contributed by atoms with Crippen LogP contribution in [0, 0.1) is 0 Å². The Morgan fingerprint density at radius 2 is 2.29 bits per heavy atom. The Hall–Kier alpha value is -1.55. The molecule has 0 saturated heterocycles. The van der Waals surface area contributed by atoms with Crippen molar-refractivity contribution < 1.29 is 4.84 Å². The van der Waals surface area contributed by atoms with Gasteiger partial charge in [-0.1, -0.05) is 35.2 Å². The summed E-state index contributed by atoms with van der Waals surface area (Å²) < 4.78 is 0. The van der Waals surface area contributed by atoms with Crippen LogP contribution >= 0.6 is 11.6 Å². The van der Waals surface area contributed by atoms with Crippen molar-refractivity contribution in [2.24, 2.45) is 0 Å². The first-order valence-corrected chi connectivity index (χ1v) is 4.42. The zero-order chi connectivity index (χ0) is 9.97.